The number of aliphatic hydroxyl groups is 1. The van der Waals surface area contributed by atoms with Crippen molar-refractivity contribution in [2.24, 2.45) is 5.92 Å². The number of hydrogen-bond donors (Lipinski definition) is 2. The van der Waals surface area contributed by atoms with Gasteiger partial charge in [-0.05, 0) is 30.5 Å². The van der Waals surface area contributed by atoms with Crippen molar-refractivity contribution in [3.63, 3.8) is 0 Å². The summed E-state index contributed by atoms with van der Waals surface area (Å²) in [6.45, 7) is 3.74. The molecule has 0 aromatic heterocycles. The number of benzene rings is 1. The van der Waals surface area contributed by atoms with Gasteiger partial charge in [0.15, 0.2) is 0 Å². The van der Waals surface area contributed by atoms with E-state index in [1.165, 1.54) is 0 Å². The Hall–Kier alpha value is -0.930. The van der Waals surface area contributed by atoms with Crippen LogP contribution in [0.15, 0.2) is 18.2 Å². The van der Waals surface area contributed by atoms with E-state index < -0.39 is 0 Å². The van der Waals surface area contributed by atoms with Gasteiger partial charge in [0.25, 0.3) is 0 Å². The van der Waals surface area contributed by atoms with Gasteiger partial charge in [0.2, 0.25) is 0 Å². The first-order valence-corrected chi connectivity index (χ1v) is 5.94. The first-order valence-electron chi connectivity index (χ1n) is 5.56. The van der Waals surface area contributed by atoms with Crippen molar-refractivity contribution in [2.45, 2.75) is 19.4 Å². The fraction of sp³-hybridized carbons (Fsp3) is 0.500. The van der Waals surface area contributed by atoms with Crippen LogP contribution in [0.3, 0.4) is 0 Å². The van der Waals surface area contributed by atoms with Gasteiger partial charge in [-0.25, -0.2) is 0 Å². The Morgan fingerprint density at radius 2 is 2.25 bits per heavy atom. The lowest BCUT2D eigenvalue weighted by Gasteiger charge is -2.36. The molecule has 1 aliphatic heterocycles. The second-order valence-electron chi connectivity index (χ2n) is 4.49. The highest BCUT2D eigenvalue weighted by Gasteiger charge is 2.25. The first-order chi connectivity index (χ1) is 7.58. The van der Waals surface area contributed by atoms with Crippen molar-refractivity contribution in [1.82, 2.24) is 0 Å². The number of rotatable bonds is 1. The monoisotopic (exact) mass is 240 g/mol. The summed E-state index contributed by atoms with van der Waals surface area (Å²) in [4.78, 5) is 2.21. The average Bonchev–Trinajstić information content (AvgIpc) is 2.22. The summed E-state index contributed by atoms with van der Waals surface area (Å²) in [5.41, 5.74) is 7.35. The molecule has 3 nitrogen and oxygen atoms in total. The quantitative estimate of drug-likeness (QED) is 0.740. The molecule has 1 fully saturated rings. The van der Waals surface area contributed by atoms with Crippen LogP contribution < -0.4 is 10.6 Å². The summed E-state index contributed by atoms with van der Waals surface area (Å²) in [7, 11) is 0. The minimum Gasteiger partial charge on any atom is -0.399 e. The summed E-state index contributed by atoms with van der Waals surface area (Å²) < 4.78 is 0. The molecule has 1 aromatic rings. The molecule has 3 N–H and O–H groups in total. The normalized spacial score (nSPS) is 25.8. The Bertz CT molecular complexity index is 383. The van der Waals surface area contributed by atoms with Gasteiger partial charge in [0.05, 0.1) is 16.8 Å². The Morgan fingerprint density at radius 3 is 2.88 bits per heavy atom. The van der Waals surface area contributed by atoms with Crippen LogP contribution in [0.25, 0.3) is 0 Å². The van der Waals surface area contributed by atoms with E-state index in [0.717, 1.165) is 25.2 Å². The van der Waals surface area contributed by atoms with Gasteiger partial charge in [0, 0.05) is 18.8 Å². The molecule has 2 atom stereocenters. The number of piperidine rings is 1. The minimum atomic E-state index is -0.191. The van der Waals surface area contributed by atoms with Gasteiger partial charge in [-0.1, -0.05) is 18.5 Å². The number of nitrogens with zero attached hydrogens (tertiary/aromatic N) is 1. The lowest BCUT2D eigenvalue weighted by molar-refractivity contribution is 0.0971. The van der Waals surface area contributed by atoms with Crippen LogP contribution in [0.5, 0.6) is 0 Å². The number of anilines is 2. The van der Waals surface area contributed by atoms with Crippen molar-refractivity contribution >= 4 is 23.0 Å². The third-order valence-electron chi connectivity index (χ3n) is 3.17. The molecule has 0 radical (unpaired) electrons. The van der Waals surface area contributed by atoms with Crippen LogP contribution in [0.4, 0.5) is 11.4 Å². The third-order valence-corrected chi connectivity index (χ3v) is 3.48. The number of aliphatic hydroxyl groups excluding tert-OH is 1. The fourth-order valence-electron chi connectivity index (χ4n) is 2.13. The van der Waals surface area contributed by atoms with Gasteiger partial charge in [0.1, 0.15) is 0 Å². The largest absolute Gasteiger partial charge is 0.399 e. The Kier molecular flexibility index (Phi) is 3.26. The molecule has 0 saturated carbocycles. The van der Waals surface area contributed by atoms with Crippen LogP contribution in [0.2, 0.25) is 5.02 Å². The fourth-order valence-corrected chi connectivity index (χ4v) is 2.44. The van der Waals surface area contributed by atoms with E-state index >= 15 is 0 Å². The van der Waals surface area contributed by atoms with Gasteiger partial charge in [-0.2, -0.15) is 0 Å². The second kappa shape index (κ2) is 4.52. The minimum absolute atomic E-state index is 0.191. The highest BCUT2D eigenvalue weighted by molar-refractivity contribution is 6.33. The molecule has 16 heavy (non-hydrogen) atoms. The van der Waals surface area contributed by atoms with Crippen molar-refractivity contribution in [3.8, 4) is 0 Å². The highest BCUT2D eigenvalue weighted by atomic mass is 35.5. The maximum atomic E-state index is 9.68. The van der Waals surface area contributed by atoms with Crippen LogP contribution in [0.1, 0.15) is 13.3 Å². The third kappa shape index (κ3) is 2.25. The van der Waals surface area contributed by atoms with Crippen LogP contribution in [-0.2, 0) is 0 Å². The molecule has 4 heteroatoms. The van der Waals surface area contributed by atoms with Gasteiger partial charge in [-0.3, -0.25) is 0 Å². The number of nitrogen functional groups attached to an aromatic ring is 1. The van der Waals surface area contributed by atoms with E-state index in [4.69, 9.17) is 17.3 Å². The maximum Gasteiger partial charge on any atom is 0.0660 e. The standard InChI is InChI=1S/C12H17ClN2O/c1-8-7-15(5-4-12(8)16)11-3-2-9(14)6-10(11)13/h2-3,6,8,12,16H,4-5,7,14H2,1H3. The molecule has 1 aliphatic rings. The van der Waals surface area contributed by atoms with E-state index in [0.29, 0.717) is 10.7 Å². The topological polar surface area (TPSA) is 49.5 Å². The number of hydrogen-bond acceptors (Lipinski definition) is 3. The lowest BCUT2D eigenvalue weighted by atomic mass is 9.96. The molecular weight excluding hydrogens is 224 g/mol. The highest BCUT2D eigenvalue weighted by Crippen LogP contribution is 2.31. The van der Waals surface area contributed by atoms with Crippen molar-refractivity contribution in [3.05, 3.63) is 23.2 Å². The van der Waals surface area contributed by atoms with Crippen LogP contribution in [-0.4, -0.2) is 24.3 Å². The van der Waals surface area contributed by atoms with Crippen LogP contribution >= 0.6 is 11.6 Å². The molecule has 0 aliphatic carbocycles. The average molecular weight is 241 g/mol. The van der Waals surface area contributed by atoms with Crippen LogP contribution in [0, 0.1) is 5.92 Å². The number of nitrogens with two attached hydrogens (primary N) is 1. The number of halogens is 1. The summed E-state index contributed by atoms with van der Waals surface area (Å²) >= 11 is 6.16. The van der Waals surface area contributed by atoms with E-state index in [-0.39, 0.29) is 12.0 Å². The zero-order chi connectivity index (χ0) is 11.7. The molecule has 1 aromatic carbocycles. The summed E-state index contributed by atoms with van der Waals surface area (Å²) in [6.07, 6.45) is 0.603. The van der Waals surface area contributed by atoms with E-state index in [1.54, 1.807) is 6.07 Å². The zero-order valence-electron chi connectivity index (χ0n) is 9.36. The molecule has 88 valence electrons. The predicted octanol–water partition coefficient (Wildman–Crippen LogP) is 2.13. The predicted molar refractivity (Wildman–Crippen MR) is 67.9 cm³/mol. The molecule has 1 saturated heterocycles. The van der Waals surface area contributed by atoms with Gasteiger partial charge < -0.3 is 15.7 Å². The Morgan fingerprint density at radius 1 is 1.50 bits per heavy atom. The van der Waals surface area contributed by atoms with Gasteiger partial charge >= 0.3 is 0 Å². The molecule has 0 spiro atoms. The molecule has 1 heterocycles. The lowest BCUT2D eigenvalue weighted by Crippen LogP contribution is -2.42. The van der Waals surface area contributed by atoms with Crippen molar-refractivity contribution in [1.29, 1.82) is 0 Å². The van der Waals surface area contributed by atoms with E-state index in [1.807, 2.05) is 12.1 Å². The van der Waals surface area contributed by atoms with Crippen molar-refractivity contribution < 1.29 is 5.11 Å². The summed E-state index contributed by atoms with van der Waals surface area (Å²) in [5, 5.41) is 10.4. The Labute approximate surface area is 101 Å². The van der Waals surface area contributed by atoms with Crippen molar-refractivity contribution in [2.75, 3.05) is 23.7 Å². The van der Waals surface area contributed by atoms with Gasteiger partial charge in [-0.15, -0.1) is 0 Å². The maximum absolute atomic E-state index is 9.68. The van der Waals surface area contributed by atoms with E-state index in [9.17, 15) is 5.11 Å². The second-order valence-corrected chi connectivity index (χ2v) is 4.90. The summed E-state index contributed by atoms with van der Waals surface area (Å²) in [5.74, 6) is 0.280. The van der Waals surface area contributed by atoms with E-state index in [2.05, 4.69) is 11.8 Å². The smallest absolute Gasteiger partial charge is 0.0660 e. The molecule has 2 unspecified atom stereocenters. The first kappa shape index (κ1) is 11.6. The molecule has 0 amide bonds. The SMILES string of the molecule is CC1CN(c2ccc(N)cc2Cl)CCC1O. The Balaban J connectivity index is 2.18. The molecule has 0 bridgehead atoms. The summed E-state index contributed by atoms with van der Waals surface area (Å²) in [6, 6.07) is 5.57. The zero-order valence-corrected chi connectivity index (χ0v) is 10.1. The molecular formula is C12H17ClN2O. The molecule has 2 rings (SSSR count).